The van der Waals surface area contributed by atoms with Crippen LogP contribution in [0.4, 0.5) is 0 Å². The summed E-state index contributed by atoms with van der Waals surface area (Å²) in [7, 11) is 0. The van der Waals surface area contributed by atoms with E-state index in [-0.39, 0.29) is 5.91 Å². The number of carbonyl (C=O) groups excluding carboxylic acids is 1. The molecule has 6 heteroatoms. The number of hydrogen-bond acceptors (Lipinski definition) is 4. The first-order valence-electron chi connectivity index (χ1n) is 7.35. The number of aromatic nitrogens is 3. The van der Waals surface area contributed by atoms with E-state index in [2.05, 4.69) is 16.4 Å². The van der Waals surface area contributed by atoms with Crippen LogP contribution in [0.15, 0.2) is 36.7 Å². The third kappa shape index (κ3) is 3.31. The first kappa shape index (κ1) is 14.3. The Morgan fingerprint density at radius 3 is 2.73 bits per heavy atom. The van der Waals surface area contributed by atoms with Gasteiger partial charge in [-0.25, -0.2) is 0 Å². The molecular formula is C16H17N5O. The summed E-state index contributed by atoms with van der Waals surface area (Å²) in [5.74, 6) is 0.666. The number of rotatable bonds is 5. The summed E-state index contributed by atoms with van der Waals surface area (Å²) in [5, 5.41) is 16.5. The van der Waals surface area contributed by atoms with Crippen molar-refractivity contribution in [3.63, 3.8) is 0 Å². The number of carbonyl (C=O) groups is 1. The van der Waals surface area contributed by atoms with Crippen molar-refractivity contribution in [2.24, 2.45) is 5.92 Å². The predicted octanol–water partition coefficient (Wildman–Crippen LogP) is 1.24. The molecule has 1 aliphatic heterocycles. The van der Waals surface area contributed by atoms with Gasteiger partial charge < -0.3 is 4.90 Å². The topological polar surface area (TPSA) is 74.8 Å². The van der Waals surface area contributed by atoms with Gasteiger partial charge >= 0.3 is 0 Å². The average molecular weight is 295 g/mol. The van der Waals surface area contributed by atoms with Crippen LogP contribution < -0.4 is 0 Å². The Kier molecular flexibility index (Phi) is 4.15. The molecule has 0 aliphatic carbocycles. The first-order valence-corrected chi connectivity index (χ1v) is 7.35. The van der Waals surface area contributed by atoms with Crippen molar-refractivity contribution >= 4 is 5.91 Å². The summed E-state index contributed by atoms with van der Waals surface area (Å²) >= 11 is 0. The summed E-state index contributed by atoms with van der Waals surface area (Å²) in [6.45, 7) is 2.41. The fourth-order valence-corrected chi connectivity index (χ4v) is 2.64. The second-order valence-corrected chi connectivity index (χ2v) is 5.60. The number of amides is 1. The van der Waals surface area contributed by atoms with Crippen molar-refractivity contribution in [1.29, 1.82) is 5.26 Å². The highest BCUT2D eigenvalue weighted by Gasteiger charge is 2.30. The fraction of sp³-hybridized carbons (Fsp3) is 0.375. The Balaban J connectivity index is 1.41. The zero-order valence-electron chi connectivity index (χ0n) is 12.2. The molecule has 22 heavy (non-hydrogen) atoms. The van der Waals surface area contributed by atoms with Gasteiger partial charge in [-0.3, -0.25) is 9.48 Å². The lowest BCUT2D eigenvalue weighted by molar-refractivity contribution is -0.137. The molecule has 6 nitrogen and oxygen atoms in total. The van der Waals surface area contributed by atoms with E-state index in [4.69, 9.17) is 5.26 Å². The smallest absolute Gasteiger partial charge is 0.222 e. The standard InChI is InChI=1S/C16H17N5O/c17-9-14-3-1-13(2-4-14)5-6-16(22)20-10-15(11-20)12-21-8-7-18-19-21/h1-4,7-8,15H,5-6,10-12H2. The molecule has 0 saturated carbocycles. The monoisotopic (exact) mass is 295 g/mol. The molecule has 1 aromatic heterocycles. The van der Waals surface area contributed by atoms with Gasteiger partial charge in [0.2, 0.25) is 5.91 Å². The molecule has 1 aromatic carbocycles. The molecule has 1 amide bonds. The molecule has 1 fully saturated rings. The Morgan fingerprint density at radius 1 is 1.32 bits per heavy atom. The summed E-state index contributed by atoms with van der Waals surface area (Å²) in [6.07, 6.45) is 4.74. The normalized spacial score (nSPS) is 14.4. The minimum atomic E-state index is 0.194. The van der Waals surface area contributed by atoms with E-state index in [1.54, 1.807) is 18.3 Å². The van der Waals surface area contributed by atoms with Crippen molar-refractivity contribution in [1.82, 2.24) is 19.9 Å². The first-order chi connectivity index (χ1) is 10.7. The van der Waals surface area contributed by atoms with Crippen molar-refractivity contribution in [3.8, 4) is 6.07 Å². The van der Waals surface area contributed by atoms with E-state index in [1.165, 1.54) is 0 Å². The lowest BCUT2D eigenvalue weighted by Crippen LogP contribution is -2.51. The minimum Gasteiger partial charge on any atom is -0.342 e. The van der Waals surface area contributed by atoms with Crippen LogP contribution in [0.1, 0.15) is 17.5 Å². The molecule has 2 aromatic rings. The second-order valence-electron chi connectivity index (χ2n) is 5.60. The van der Waals surface area contributed by atoms with Crippen LogP contribution >= 0.6 is 0 Å². The Hall–Kier alpha value is -2.68. The third-order valence-corrected chi connectivity index (χ3v) is 3.94. The third-order valence-electron chi connectivity index (χ3n) is 3.94. The summed E-state index contributed by atoms with van der Waals surface area (Å²) < 4.78 is 1.81. The Bertz CT molecular complexity index is 666. The van der Waals surface area contributed by atoms with Crippen LogP contribution in [0.5, 0.6) is 0 Å². The van der Waals surface area contributed by atoms with Crippen molar-refractivity contribution in [2.45, 2.75) is 19.4 Å². The van der Waals surface area contributed by atoms with Crippen LogP contribution in [0, 0.1) is 17.2 Å². The van der Waals surface area contributed by atoms with Crippen molar-refractivity contribution < 1.29 is 4.79 Å². The Labute approximate surface area is 129 Å². The van der Waals surface area contributed by atoms with Gasteiger partial charge in [0, 0.05) is 38.2 Å². The van der Waals surface area contributed by atoms with E-state index in [0.29, 0.717) is 17.9 Å². The molecule has 0 bridgehead atoms. The number of aryl methyl sites for hydroxylation is 1. The summed E-state index contributed by atoms with van der Waals surface area (Å²) in [6, 6.07) is 9.49. The van der Waals surface area contributed by atoms with Crippen molar-refractivity contribution in [3.05, 3.63) is 47.8 Å². The Morgan fingerprint density at radius 2 is 2.09 bits per heavy atom. The highest BCUT2D eigenvalue weighted by atomic mass is 16.2. The van der Waals surface area contributed by atoms with E-state index >= 15 is 0 Å². The molecule has 0 spiro atoms. The number of benzene rings is 1. The lowest BCUT2D eigenvalue weighted by atomic mass is 9.99. The van der Waals surface area contributed by atoms with Gasteiger partial charge in [0.1, 0.15) is 0 Å². The maximum atomic E-state index is 12.1. The van der Waals surface area contributed by atoms with E-state index in [9.17, 15) is 4.79 Å². The van der Waals surface area contributed by atoms with Gasteiger partial charge in [0.25, 0.3) is 0 Å². The molecule has 0 atom stereocenters. The van der Waals surface area contributed by atoms with E-state index in [1.807, 2.05) is 27.9 Å². The van der Waals surface area contributed by atoms with Crippen LogP contribution in [-0.2, 0) is 17.8 Å². The summed E-state index contributed by atoms with van der Waals surface area (Å²) in [4.78, 5) is 14.0. The van der Waals surface area contributed by atoms with Crippen LogP contribution in [-0.4, -0.2) is 38.9 Å². The van der Waals surface area contributed by atoms with Gasteiger partial charge in [0.05, 0.1) is 17.8 Å². The molecule has 3 rings (SSSR count). The zero-order valence-corrected chi connectivity index (χ0v) is 12.2. The minimum absolute atomic E-state index is 0.194. The molecule has 112 valence electrons. The summed E-state index contributed by atoms with van der Waals surface area (Å²) in [5.41, 5.74) is 1.74. The molecular weight excluding hydrogens is 278 g/mol. The molecule has 0 radical (unpaired) electrons. The van der Waals surface area contributed by atoms with Gasteiger partial charge in [-0.2, -0.15) is 5.26 Å². The van der Waals surface area contributed by atoms with Gasteiger partial charge in [0.15, 0.2) is 0 Å². The molecule has 0 N–H and O–H groups in total. The van der Waals surface area contributed by atoms with Gasteiger partial charge in [-0.15, -0.1) is 5.10 Å². The predicted molar refractivity (Wildman–Crippen MR) is 79.6 cm³/mol. The largest absolute Gasteiger partial charge is 0.342 e. The lowest BCUT2D eigenvalue weighted by Gasteiger charge is -2.39. The second kappa shape index (κ2) is 6.39. The van der Waals surface area contributed by atoms with Gasteiger partial charge in [-0.1, -0.05) is 17.3 Å². The molecule has 1 saturated heterocycles. The zero-order chi connectivity index (χ0) is 15.4. The highest BCUT2D eigenvalue weighted by molar-refractivity contribution is 5.77. The number of hydrogen-bond donors (Lipinski definition) is 0. The highest BCUT2D eigenvalue weighted by Crippen LogP contribution is 2.19. The average Bonchev–Trinajstić information content (AvgIpc) is 3.01. The quantitative estimate of drug-likeness (QED) is 0.831. The maximum absolute atomic E-state index is 12.1. The van der Waals surface area contributed by atoms with Gasteiger partial charge in [-0.05, 0) is 24.1 Å². The van der Waals surface area contributed by atoms with Crippen LogP contribution in [0.25, 0.3) is 0 Å². The SMILES string of the molecule is N#Cc1ccc(CCC(=O)N2CC(Cn3ccnn3)C2)cc1. The van der Waals surface area contributed by atoms with E-state index in [0.717, 1.165) is 31.6 Å². The number of likely N-dealkylation sites (tertiary alicyclic amines) is 1. The van der Waals surface area contributed by atoms with Crippen molar-refractivity contribution in [2.75, 3.05) is 13.1 Å². The number of nitrogens with zero attached hydrogens (tertiary/aromatic N) is 5. The van der Waals surface area contributed by atoms with E-state index < -0.39 is 0 Å². The van der Waals surface area contributed by atoms with Crippen LogP contribution in [0.2, 0.25) is 0 Å². The maximum Gasteiger partial charge on any atom is 0.222 e. The molecule has 2 heterocycles. The number of nitriles is 1. The van der Waals surface area contributed by atoms with Crippen LogP contribution in [0.3, 0.4) is 0 Å². The molecule has 0 unspecified atom stereocenters. The molecule has 1 aliphatic rings. The fourth-order valence-electron chi connectivity index (χ4n) is 2.64.